The Balaban J connectivity index is 1.09. The minimum absolute atomic E-state index is 0.105. The Labute approximate surface area is 208 Å². The second-order valence-electron chi connectivity index (χ2n) is 9.49. The van der Waals surface area contributed by atoms with Crippen molar-refractivity contribution in [2.24, 2.45) is 5.92 Å². The Kier molecular flexibility index (Phi) is 6.74. The highest BCUT2D eigenvalue weighted by Gasteiger charge is 2.40. The van der Waals surface area contributed by atoms with E-state index in [1.165, 1.54) is 6.07 Å². The molecule has 5 rings (SSSR count). The molecule has 3 aliphatic rings. The SMILES string of the molecule is N#Cc1ccccc1N1CCC(N2CC(CNC(=O)N3C(=O)OC[C@@H]3c3ccc(F)c(F)c3)C2)CC1. The molecule has 0 aromatic heterocycles. The summed E-state index contributed by atoms with van der Waals surface area (Å²) in [6.07, 6.45) is 1.21. The number of hydrogen-bond donors (Lipinski definition) is 1. The number of benzene rings is 2. The van der Waals surface area contributed by atoms with Crippen molar-refractivity contribution in [2.75, 3.05) is 44.2 Å². The number of para-hydroxylation sites is 1. The van der Waals surface area contributed by atoms with Crippen molar-refractivity contribution < 1.29 is 23.1 Å². The van der Waals surface area contributed by atoms with E-state index in [1.807, 2.05) is 24.3 Å². The number of nitrogens with one attached hydrogen (secondary N) is 1. The van der Waals surface area contributed by atoms with Crippen LogP contribution in [-0.4, -0.2) is 67.3 Å². The number of anilines is 1. The number of likely N-dealkylation sites (tertiary alicyclic amines) is 1. The number of halogens is 2. The van der Waals surface area contributed by atoms with E-state index in [1.54, 1.807) is 0 Å². The van der Waals surface area contributed by atoms with Crippen LogP contribution in [0, 0.1) is 28.9 Å². The largest absolute Gasteiger partial charge is 0.446 e. The summed E-state index contributed by atoms with van der Waals surface area (Å²) in [5.74, 6) is -1.76. The van der Waals surface area contributed by atoms with Gasteiger partial charge in [0.1, 0.15) is 18.7 Å². The summed E-state index contributed by atoms with van der Waals surface area (Å²) in [4.78, 5) is 30.5. The van der Waals surface area contributed by atoms with Gasteiger partial charge in [-0.3, -0.25) is 4.90 Å². The van der Waals surface area contributed by atoms with Gasteiger partial charge in [-0.25, -0.2) is 23.3 Å². The standard InChI is InChI=1S/C26H27F2N5O3/c27-21-6-5-18(11-22(21)28)24-16-36-26(35)33(24)25(34)30-13-17-14-32(15-17)20-7-9-31(10-8-20)23-4-2-1-3-19(23)12-29/h1-6,11,17,20,24H,7-10,13-16H2,(H,30,34)/t24-/m1/s1. The molecule has 3 aliphatic heterocycles. The van der Waals surface area contributed by atoms with Gasteiger partial charge in [-0.1, -0.05) is 18.2 Å². The summed E-state index contributed by atoms with van der Waals surface area (Å²) in [5, 5.41) is 12.2. The van der Waals surface area contributed by atoms with Crippen LogP contribution in [0.4, 0.5) is 24.1 Å². The first kappa shape index (κ1) is 24.0. The molecule has 0 aliphatic carbocycles. The Morgan fingerprint density at radius 2 is 1.86 bits per heavy atom. The lowest BCUT2D eigenvalue weighted by Gasteiger charge is -2.47. The zero-order chi connectivity index (χ0) is 25.2. The molecular weight excluding hydrogens is 468 g/mol. The number of urea groups is 1. The molecule has 2 aromatic carbocycles. The summed E-state index contributed by atoms with van der Waals surface area (Å²) >= 11 is 0. The summed E-state index contributed by atoms with van der Waals surface area (Å²) < 4.78 is 31.9. The van der Waals surface area contributed by atoms with E-state index in [4.69, 9.17) is 4.74 Å². The number of carbonyl (C=O) groups excluding carboxylic acids is 2. The van der Waals surface area contributed by atoms with Crippen molar-refractivity contribution in [1.29, 1.82) is 5.26 Å². The summed E-state index contributed by atoms with van der Waals surface area (Å²) in [5.41, 5.74) is 1.99. The molecule has 1 N–H and O–H groups in total. The van der Waals surface area contributed by atoms with E-state index in [0.717, 1.165) is 61.7 Å². The molecule has 8 nitrogen and oxygen atoms in total. The highest BCUT2D eigenvalue weighted by Crippen LogP contribution is 2.30. The lowest BCUT2D eigenvalue weighted by Crippen LogP contribution is -2.58. The van der Waals surface area contributed by atoms with Gasteiger partial charge in [0.05, 0.1) is 11.3 Å². The van der Waals surface area contributed by atoms with Crippen LogP contribution in [0.15, 0.2) is 42.5 Å². The van der Waals surface area contributed by atoms with Crippen LogP contribution in [0.5, 0.6) is 0 Å². The van der Waals surface area contributed by atoms with Gasteiger partial charge in [0.15, 0.2) is 11.6 Å². The third-order valence-electron chi connectivity index (χ3n) is 7.29. The maximum atomic E-state index is 13.7. The third kappa shape index (κ3) is 4.71. The molecule has 2 aromatic rings. The predicted molar refractivity (Wildman–Crippen MR) is 127 cm³/mol. The second-order valence-corrected chi connectivity index (χ2v) is 9.49. The number of nitriles is 1. The maximum Gasteiger partial charge on any atom is 0.418 e. The monoisotopic (exact) mass is 495 g/mol. The van der Waals surface area contributed by atoms with Gasteiger partial charge >= 0.3 is 12.1 Å². The van der Waals surface area contributed by atoms with Gasteiger partial charge < -0.3 is 15.0 Å². The van der Waals surface area contributed by atoms with Crippen molar-refractivity contribution in [3.05, 3.63) is 65.2 Å². The average molecular weight is 496 g/mol. The number of amides is 3. The quantitative estimate of drug-likeness (QED) is 0.682. The summed E-state index contributed by atoms with van der Waals surface area (Å²) in [6.45, 7) is 3.81. The number of hydrogen-bond acceptors (Lipinski definition) is 6. The molecular formula is C26H27F2N5O3. The first-order valence-electron chi connectivity index (χ1n) is 12.1. The first-order valence-corrected chi connectivity index (χ1v) is 12.1. The highest BCUT2D eigenvalue weighted by atomic mass is 19.2. The van der Waals surface area contributed by atoms with Crippen molar-refractivity contribution >= 4 is 17.8 Å². The van der Waals surface area contributed by atoms with Gasteiger partial charge in [0, 0.05) is 44.7 Å². The molecule has 0 spiro atoms. The van der Waals surface area contributed by atoms with Crippen LogP contribution in [0.3, 0.4) is 0 Å². The third-order valence-corrected chi connectivity index (χ3v) is 7.29. The van der Waals surface area contributed by atoms with Crippen LogP contribution < -0.4 is 10.2 Å². The van der Waals surface area contributed by atoms with E-state index in [2.05, 4.69) is 21.2 Å². The first-order chi connectivity index (χ1) is 17.4. The Bertz CT molecular complexity index is 1190. The normalized spacial score (nSPS) is 21.1. The Morgan fingerprint density at radius 3 is 2.58 bits per heavy atom. The van der Waals surface area contributed by atoms with E-state index in [-0.39, 0.29) is 12.5 Å². The topological polar surface area (TPSA) is 88.9 Å². The fraction of sp³-hybridized carbons (Fsp3) is 0.423. The number of ether oxygens (including phenoxy) is 1. The molecule has 0 bridgehead atoms. The molecule has 3 amide bonds. The predicted octanol–water partition coefficient (Wildman–Crippen LogP) is 3.64. The van der Waals surface area contributed by atoms with Crippen LogP contribution in [0.25, 0.3) is 0 Å². The van der Waals surface area contributed by atoms with Crippen molar-refractivity contribution in [3.63, 3.8) is 0 Å². The molecule has 0 saturated carbocycles. The van der Waals surface area contributed by atoms with Gasteiger partial charge in [-0.2, -0.15) is 5.26 Å². The van der Waals surface area contributed by atoms with Gasteiger partial charge in [0.25, 0.3) is 0 Å². The van der Waals surface area contributed by atoms with E-state index in [9.17, 15) is 23.6 Å². The van der Waals surface area contributed by atoms with Crippen LogP contribution >= 0.6 is 0 Å². The van der Waals surface area contributed by atoms with Crippen LogP contribution in [-0.2, 0) is 4.74 Å². The molecule has 1 atom stereocenters. The zero-order valence-corrected chi connectivity index (χ0v) is 19.7. The van der Waals surface area contributed by atoms with E-state index < -0.39 is 29.8 Å². The van der Waals surface area contributed by atoms with Crippen molar-refractivity contribution in [2.45, 2.75) is 24.9 Å². The molecule has 36 heavy (non-hydrogen) atoms. The smallest absolute Gasteiger partial charge is 0.418 e. The van der Waals surface area contributed by atoms with Crippen LogP contribution in [0.2, 0.25) is 0 Å². The number of cyclic esters (lactones) is 1. The minimum Gasteiger partial charge on any atom is -0.446 e. The lowest BCUT2D eigenvalue weighted by molar-refractivity contribution is 0.0420. The number of rotatable bonds is 5. The number of nitrogens with zero attached hydrogens (tertiary/aromatic N) is 4. The molecule has 0 radical (unpaired) electrons. The van der Waals surface area contributed by atoms with Gasteiger partial charge in [-0.15, -0.1) is 0 Å². The highest BCUT2D eigenvalue weighted by molar-refractivity contribution is 5.92. The van der Waals surface area contributed by atoms with Gasteiger partial charge in [0.2, 0.25) is 0 Å². The molecule has 3 heterocycles. The van der Waals surface area contributed by atoms with Crippen molar-refractivity contribution in [3.8, 4) is 6.07 Å². The molecule has 188 valence electrons. The van der Waals surface area contributed by atoms with Gasteiger partial charge in [-0.05, 0) is 42.7 Å². The molecule has 3 fully saturated rings. The lowest BCUT2D eigenvalue weighted by atomic mass is 9.93. The molecule has 0 unspecified atom stereocenters. The van der Waals surface area contributed by atoms with Crippen LogP contribution in [0.1, 0.15) is 30.0 Å². The number of carbonyl (C=O) groups is 2. The fourth-order valence-electron chi connectivity index (χ4n) is 5.28. The average Bonchev–Trinajstić information content (AvgIpc) is 3.26. The minimum atomic E-state index is -1.04. The molecule has 10 heteroatoms. The molecule has 3 saturated heterocycles. The second kappa shape index (κ2) is 10.1. The van der Waals surface area contributed by atoms with E-state index >= 15 is 0 Å². The number of imide groups is 1. The Hall–Kier alpha value is -3.71. The number of piperidine rings is 1. The Morgan fingerprint density at radius 1 is 1.11 bits per heavy atom. The fourth-order valence-corrected chi connectivity index (χ4v) is 5.28. The zero-order valence-electron chi connectivity index (χ0n) is 19.7. The summed E-state index contributed by atoms with van der Waals surface area (Å²) in [6, 6.07) is 12.3. The maximum absolute atomic E-state index is 13.7. The van der Waals surface area contributed by atoms with E-state index in [0.29, 0.717) is 23.7 Å². The van der Waals surface area contributed by atoms with Crippen molar-refractivity contribution in [1.82, 2.24) is 15.1 Å². The summed E-state index contributed by atoms with van der Waals surface area (Å²) in [7, 11) is 0.